The van der Waals surface area contributed by atoms with Gasteiger partial charge in [0, 0.05) is 23.5 Å². The minimum Gasteiger partial charge on any atom is -0.480 e. The van der Waals surface area contributed by atoms with Crippen LogP contribution in [0.25, 0.3) is 0 Å². The van der Waals surface area contributed by atoms with Gasteiger partial charge >= 0.3 is 5.97 Å². The zero-order chi connectivity index (χ0) is 19.2. The number of anilines is 2. The third-order valence-corrected chi connectivity index (χ3v) is 4.21. The minimum absolute atomic E-state index is 0.248. The number of benzene rings is 2. The van der Waals surface area contributed by atoms with Gasteiger partial charge in [0.2, 0.25) is 0 Å². The number of carboxylic acids is 1. The highest BCUT2D eigenvalue weighted by Crippen LogP contribution is 2.20. The van der Waals surface area contributed by atoms with E-state index in [2.05, 4.69) is 5.32 Å². The third kappa shape index (κ3) is 4.71. The number of rotatable bonds is 6. The maximum atomic E-state index is 12.9. The number of aliphatic carboxylic acids is 1. The fraction of sp³-hybridized carbons (Fsp3) is 0.250. The number of hydrogen-bond acceptors (Lipinski definition) is 4. The molecule has 2 aromatic carbocycles. The van der Waals surface area contributed by atoms with Gasteiger partial charge in [-0.15, -0.1) is 0 Å². The van der Waals surface area contributed by atoms with Crippen LogP contribution in [-0.4, -0.2) is 42.1 Å². The quantitative estimate of drug-likeness (QED) is 0.817. The molecule has 1 unspecified atom stereocenters. The molecule has 1 saturated heterocycles. The molecule has 0 spiro atoms. The Labute approximate surface area is 156 Å². The van der Waals surface area contributed by atoms with Crippen LogP contribution in [-0.2, 0) is 14.3 Å². The van der Waals surface area contributed by atoms with Crippen molar-refractivity contribution < 1.29 is 24.2 Å². The van der Waals surface area contributed by atoms with Crippen LogP contribution in [0.4, 0.5) is 11.4 Å². The van der Waals surface area contributed by atoms with Gasteiger partial charge in [0.25, 0.3) is 11.8 Å². The largest absolute Gasteiger partial charge is 0.480 e. The van der Waals surface area contributed by atoms with Crippen LogP contribution < -0.4 is 10.2 Å². The SMILES string of the molecule is O=C(O)CN(C(=O)c1cccc(NC(=O)C2CCCO2)c1)c1ccccc1. The predicted octanol–water partition coefficient (Wildman–Crippen LogP) is 2.54. The van der Waals surface area contributed by atoms with Crippen molar-refractivity contribution in [3.05, 3.63) is 60.2 Å². The molecule has 7 nitrogen and oxygen atoms in total. The first-order valence-corrected chi connectivity index (χ1v) is 8.66. The highest BCUT2D eigenvalue weighted by molar-refractivity contribution is 6.09. The van der Waals surface area contributed by atoms with E-state index in [9.17, 15) is 19.5 Å². The zero-order valence-electron chi connectivity index (χ0n) is 14.6. The van der Waals surface area contributed by atoms with E-state index in [4.69, 9.17) is 4.74 Å². The summed E-state index contributed by atoms with van der Waals surface area (Å²) in [5.74, 6) is -1.82. The lowest BCUT2D eigenvalue weighted by molar-refractivity contribution is -0.135. The number of carbonyl (C=O) groups excluding carboxylic acids is 2. The monoisotopic (exact) mass is 368 g/mol. The summed E-state index contributed by atoms with van der Waals surface area (Å²) in [5.41, 5.74) is 1.23. The van der Waals surface area contributed by atoms with Crippen molar-refractivity contribution in [3.8, 4) is 0 Å². The van der Waals surface area contributed by atoms with Gasteiger partial charge in [0.05, 0.1) is 0 Å². The van der Waals surface area contributed by atoms with Crippen molar-refractivity contribution in [1.29, 1.82) is 0 Å². The number of ether oxygens (including phenoxy) is 1. The minimum atomic E-state index is -1.12. The second-order valence-electron chi connectivity index (χ2n) is 6.19. The molecule has 1 fully saturated rings. The van der Waals surface area contributed by atoms with Crippen LogP contribution in [0.2, 0.25) is 0 Å². The first-order chi connectivity index (χ1) is 13.0. The molecule has 140 valence electrons. The Kier molecular flexibility index (Phi) is 5.83. The van der Waals surface area contributed by atoms with Gasteiger partial charge in [0.1, 0.15) is 12.6 Å². The van der Waals surface area contributed by atoms with Crippen LogP contribution in [0.5, 0.6) is 0 Å². The Morgan fingerprint density at radius 1 is 1.11 bits per heavy atom. The smallest absolute Gasteiger partial charge is 0.323 e. The van der Waals surface area contributed by atoms with Gasteiger partial charge in [-0.3, -0.25) is 19.3 Å². The lowest BCUT2D eigenvalue weighted by Crippen LogP contribution is -2.35. The zero-order valence-corrected chi connectivity index (χ0v) is 14.6. The van der Waals surface area contributed by atoms with Crippen LogP contribution in [0.3, 0.4) is 0 Å². The molecular weight excluding hydrogens is 348 g/mol. The summed E-state index contributed by atoms with van der Waals surface area (Å²) in [6.07, 6.45) is 1.04. The Morgan fingerprint density at radius 2 is 1.89 bits per heavy atom. The van der Waals surface area contributed by atoms with Crippen molar-refractivity contribution in [2.75, 3.05) is 23.4 Å². The van der Waals surface area contributed by atoms with Gasteiger partial charge in [0.15, 0.2) is 0 Å². The molecule has 2 aromatic rings. The Bertz CT molecular complexity index is 831. The number of carboxylic acid groups (broad SMARTS) is 1. The number of para-hydroxylation sites is 1. The molecule has 1 heterocycles. The van der Waals surface area contributed by atoms with Crippen molar-refractivity contribution in [1.82, 2.24) is 0 Å². The van der Waals surface area contributed by atoms with E-state index in [-0.39, 0.29) is 11.5 Å². The second-order valence-corrected chi connectivity index (χ2v) is 6.19. The summed E-state index contributed by atoms with van der Waals surface area (Å²) in [6, 6.07) is 15.0. The van der Waals surface area contributed by atoms with E-state index in [1.54, 1.807) is 48.5 Å². The number of carbonyl (C=O) groups is 3. The number of hydrogen-bond donors (Lipinski definition) is 2. The molecule has 7 heteroatoms. The summed E-state index contributed by atoms with van der Waals surface area (Å²) in [4.78, 5) is 37.5. The third-order valence-electron chi connectivity index (χ3n) is 4.21. The molecule has 27 heavy (non-hydrogen) atoms. The molecule has 0 saturated carbocycles. The Morgan fingerprint density at radius 3 is 2.56 bits per heavy atom. The fourth-order valence-corrected chi connectivity index (χ4v) is 2.92. The molecule has 2 N–H and O–H groups in total. The van der Waals surface area contributed by atoms with E-state index in [1.165, 1.54) is 11.0 Å². The van der Waals surface area contributed by atoms with E-state index in [1.807, 2.05) is 0 Å². The first-order valence-electron chi connectivity index (χ1n) is 8.66. The summed E-state index contributed by atoms with van der Waals surface area (Å²) >= 11 is 0. The summed E-state index contributed by atoms with van der Waals surface area (Å²) in [7, 11) is 0. The topological polar surface area (TPSA) is 95.9 Å². The Balaban J connectivity index is 1.80. The molecule has 0 aromatic heterocycles. The maximum absolute atomic E-state index is 12.9. The first kappa shape index (κ1) is 18.6. The molecule has 0 radical (unpaired) electrons. The summed E-state index contributed by atoms with van der Waals surface area (Å²) in [6.45, 7) is 0.104. The van der Waals surface area contributed by atoms with Crippen LogP contribution in [0.1, 0.15) is 23.2 Å². The van der Waals surface area contributed by atoms with Gasteiger partial charge in [-0.1, -0.05) is 24.3 Å². The van der Waals surface area contributed by atoms with Gasteiger partial charge in [-0.25, -0.2) is 0 Å². The highest BCUT2D eigenvalue weighted by atomic mass is 16.5. The molecule has 1 aliphatic rings. The highest BCUT2D eigenvalue weighted by Gasteiger charge is 2.24. The normalized spacial score (nSPS) is 15.9. The average molecular weight is 368 g/mol. The predicted molar refractivity (Wildman–Crippen MR) is 99.8 cm³/mol. The molecular formula is C20H20N2O5. The molecule has 2 amide bonds. The standard InChI is InChI=1S/C20H20N2O5/c23-18(24)13-22(16-8-2-1-3-9-16)20(26)14-6-4-7-15(12-14)21-19(25)17-10-5-11-27-17/h1-4,6-9,12,17H,5,10-11,13H2,(H,21,25)(H,23,24). The second kappa shape index (κ2) is 8.46. The van der Waals surface area contributed by atoms with E-state index >= 15 is 0 Å². The van der Waals surface area contributed by atoms with Gasteiger partial charge < -0.3 is 15.2 Å². The summed E-state index contributed by atoms with van der Waals surface area (Å²) in [5, 5.41) is 11.9. The van der Waals surface area contributed by atoms with E-state index in [0.717, 1.165) is 6.42 Å². The van der Waals surface area contributed by atoms with Crippen molar-refractivity contribution >= 4 is 29.2 Å². The van der Waals surface area contributed by atoms with Crippen LogP contribution in [0.15, 0.2) is 54.6 Å². The van der Waals surface area contributed by atoms with Gasteiger partial charge in [-0.2, -0.15) is 0 Å². The lowest BCUT2D eigenvalue weighted by atomic mass is 10.1. The molecule has 1 atom stereocenters. The molecule has 1 aliphatic heterocycles. The summed E-state index contributed by atoms with van der Waals surface area (Å²) < 4.78 is 5.35. The van der Waals surface area contributed by atoms with Gasteiger partial charge in [-0.05, 0) is 43.2 Å². The Hall–Kier alpha value is -3.19. The van der Waals surface area contributed by atoms with Crippen LogP contribution >= 0.6 is 0 Å². The number of nitrogens with zero attached hydrogens (tertiary/aromatic N) is 1. The van der Waals surface area contributed by atoms with Crippen LogP contribution in [0, 0.1) is 0 Å². The number of amides is 2. The number of nitrogens with one attached hydrogen (secondary N) is 1. The van der Waals surface area contributed by atoms with Crippen molar-refractivity contribution in [2.24, 2.45) is 0 Å². The van der Waals surface area contributed by atoms with E-state index < -0.39 is 24.5 Å². The maximum Gasteiger partial charge on any atom is 0.323 e. The molecule has 0 bridgehead atoms. The van der Waals surface area contributed by atoms with Crippen molar-refractivity contribution in [2.45, 2.75) is 18.9 Å². The van der Waals surface area contributed by atoms with E-state index in [0.29, 0.717) is 24.4 Å². The van der Waals surface area contributed by atoms with Crippen molar-refractivity contribution in [3.63, 3.8) is 0 Å². The lowest BCUT2D eigenvalue weighted by Gasteiger charge is -2.21. The fourth-order valence-electron chi connectivity index (χ4n) is 2.92. The molecule has 3 rings (SSSR count). The molecule has 0 aliphatic carbocycles. The average Bonchev–Trinajstić information content (AvgIpc) is 3.21.